The molecule has 0 aliphatic heterocycles. The van der Waals surface area contributed by atoms with E-state index in [4.69, 9.17) is 5.73 Å². The van der Waals surface area contributed by atoms with E-state index < -0.39 is 0 Å². The minimum absolute atomic E-state index is 0.0838. The van der Waals surface area contributed by atoms with Gasteiger partial charge in [0.15, 0.2) is 0 Å². The van der Waals surface area contributed by atoms with Crippen molar-refractivity contribution in [1.29, 1.82) is 0 Å². The average Bonchev–Trinajstić information content (AvgIpc) is 3.15. The molecule has 104 valence electrons. The monoisotopic (exact) mass is 264 g/mol. The Labute approximate surface area is 113 Å². The molecule has 2 atom stereocenters. The van der Waals surface area contributed by atoms with Crippen LogP contribution in [-0.4, -0.2) is 11.9 Å². The first kappa shape index (κ1) is 14.0. The number of hydrogen-bond donors (Lipinski definition) is 2. The highest BCUT2D eigenvalue weighted by Gasteiger charge is 2.35. The molecule has 2 unspecified atom stereocenters. The fourth-order valence-electron chi connectivity index (χ4n) is 2.40. The highest BCUT2D eigenvalue weighted by atomic mass is 19.1. The molecule has 1 aromatic rings. The van der Waals surface area contributed by atoms with Crippen LogP contribution in [0.2, 0.25) is 0 Å². The molecule has 0 spiro atoms. The summed E-state index contributed by atoms with van der Waals surface area (Å²) in [6.45, 7) is 3.94. The van der Waals surface area contributed by atoms with Gasteiger partial charge in [-0.25, -0.2) is 4.39 Å². The van der Waals surface area contributed by atoms with Crippen LogP contribution in [0.3, 0.4) is 0 Å². The van der Waals surface area contributed by atoms with Crippen molar-refractivity contribution in [2.75, 3.05) is 0 Å². The van der Waals surface area contributed by atoms with E-state index in [-0.39, 0.29) is 29.7 Å². The van der Waals surface area contributed by atoms with Crippen molar-refractivity contribution in [3.05, 3.63) is 35.6 Å². The normalized spacial score (nSPS) is 18.3. The second-order valence-electron chi connectivity index (χ2n) is 5.66. The quantitative estimate of drug-likeness (QED) is 0.829. The van der Waals surface area contributed by atoms with Crippen LogP contribution >= 0.6 is 0 Å². The van der Waals surface area contributed by atoms with Gasteiger partial charge in [-0.3, -0.25) is 10.1 Å². The summed E-state index contributed by atoms with van der Waals surface area (Å²) in [4.78, 5) is 11.5. The number of hydrogen-bond acceptors (Lipinski definition) is 2. The van der Waals surface area contributed by atoms with Gasteiger partial charge in [0.25, 0.3) is 0 Å². The van der Waals surface area contributed by atoms with Gasteiger partial charge < -0.3 is 5.73 Å². The Morgan fingerprint density at radius 1 is 1.32 bits per heavy atom. The molecule has 0 radical (unpaired) electrons. The highest BCUT2D eigenvalue weighted by molar-refractivity contribution is 5.80. The number of nitrogens with one attached hydrogen (secondary N) is 1. The Morgan fingerprint density at radius 3 is 2.32 bits per heavy atom. The largest absolute Gasteiger partial charge is 0.368 e. The van der Waals surface area contributed by atoms with Gasteiger partial charge in [-0.05, 0) is 42.4 Å². The van der Waals surface area contributed by atoms with Gasteiger partial charge >= 0.3 is 0 Å². The van der Waals surface area contributed by atoms with Crippen molar-refractivity contribution in [1.82, 2.24) is 5.32 Å². The zero-order valence-corrected chi connectivity index (χ0v) is 11.4. The van der Waals surface area contributed by atoms with Crippen molar-refractivity contribution in [2.45, 2.75) is 38.8 Å². The number of carbonyl (C=O) groups is 1. The van der Waals surface area contributed by atoms with Gasteiger partial charge in [0, 0.05) is 6.04 Å². The van der Waals surface area contributed by atoms with E-state index in [1.165, 1.54) is 12.1 Å². The predicted octanol–water partition coefficient (Wildman–Crippen LogP) is 2.38. The van der Waals surface area contributed by atoms with Gasteiger partial charge in [-0.1, -0.05) is 26.0 Å². The van der Waals surface area contributed by atoms with Crippen molar-refractivity contribution in [3.63, 3.8) is 0 Å². The van der Waals surface area contributed by atoms with Crippen molar-refractivity contribution >= 4 is 5.91 Å². The first-order valence-corrected chi connectivity index (χ1v) is 6.80. The third-order valence-corrected chi connectivity index (χ3v) is 3.65. The lowest BCUT2D eigenvalue weighted by Gasteiger charge is -2.26. The molecule has 2 rings (SSSR count). The van der Waals surface area contributed by atoms with Crippen LogP contribution in [0.25, 0.3) is 0 Å². The van der Waals surface area contributed by atoms with Crippen LogP contribution in [0.4, 0.5) is 4.39 Å². The Bertz CT molecular complexity index is 440. The summed E-state index contributed by atoms with van der Waals surface area (Å²) in [6.07, 6.45) is 2.28. The molecule has 19 heavy (non-hydrogen) atoms. The maximum atomic E-state index is 13.0. The van der Waals surface area contributed by atoms with E-state index in [1.807, 2.05) is 13.8 Å². The second-order valence-corrected chi connectivity index (χ2v) is 5.66. The molecule has 1 fully saturated rings. The summed E-state index contributed by atoms with van der Waals surface area (Å²) in [6, 6.07) is 6.21. The Balaban J connectivity index is 2.16. The van der Waals surface area contributed by atoms with Crippen LogP contribution in [0.15, 0.2) is 24.3 Å². The standard InChI is InChI=1S/C15H21FN2O/c1-9(2)13(15(17)19)18-14(10-3-4-10)11-5-7-12(16)8-6-11/h5-10,13-14,18H,3-4H2,1-2H3,(H2,17,19). The molecule has 3 N–H and O–H groups in total. The number of rotatable bonds is 6. The predicted molar refractivity (Wildman–Crippen MR) is 72.8 cm³/mol. The number of benzene rings is 1. The minimum Gasteiger partial charge on any atom is -0.368 e. The Hall–Kier alpha value is -1.42. The van der Waals surface area contributed by atoms with E-state index >= 15 is 0 Å². The van der Waals surface area contributed by atoms with E-state index in [9.17, 15) is 9.18 Å². The van der Waals surface area contributed by atoms with Crippen LogP contribution in [0, 0.1) is 17.7 Å². The fraction of sp³-hybridized carbons (Fsp3) is 0.533. The average molecular weight is 264 g/mol. The lowest BCUT2D eigenvalue weighted by atomic mass is 9.97. The first-order chi connectivity index (χ1) is 8.99. The van der Waals surface area contributed by atoms with Crippen molar-refractivity contribution in [3.8, 4) is 0 Å². The molecule has 1 saturated carbocycles. The van der Waals surface area contributed by atoms with Gasteiger partial charge in [0.1, 0.15) is 5.82 Å². The van der Waals surface area contributed by atoms with Gasteiger partial charge in [-0.2, -0.15) is 0 Å². The molecule has 0 bridgehead atoms. The molecule has 1 aliphatic rings. The summed E-state index contributed by atoms with van der Waals surface area (Å²) in [5.41, 5.74) is 6.47. The lowest BCUT2D eigenvalue weighted by molar-refractivity contribution is -0.121. The molecular weight excluding hydrogens is 243 g/mol. The number of amides is 1. The zero-order chi connectivity index (χ0) is 14.0. The van der Waals surface area contributed by atoms with Gasteiger partial charge in [0.2, 0.25) is 5.91 Å². The minimum atomic E-state index is -0.351. The number of halogens is 1. The number of nitrogens with two attached hydrogens (primary N) is 1. The molecule has 0 aromatic heterocycles. The van der Waals surface area contributed by atoms with Crippen molar-refractivity contribution < 1.29 is 9.18 Å². The van der Waals surface area contributed by atoms with Gasteiger partial charge in [0.05, 0.1) is 6.04 Å². The maximum Gasteiger partial charge on any atom is 0.234 e. The summed E-state index contributed by atoms with van der Waals surface area (Å²) in [5, 5.41) is 3.35. The Kier molecular flexibility index (Phi) is 4.20. The summed E-state index contributed by atoms with van der Waals surface area (Å²) in [5.74, 6) is 0.0848. The van der Waals surface area contributed by atoms with Crippen LogP contribution in [0.5, 0.6) is 0 Å². The topological polar surface area (TPSA) is 55.1 Å². The van der Waals surface area contributed by atoms with E-state index in [1.54, 1.807) is 12.1 Å². The molecule has 3 nitrogen and oxygen atoms in total. The smallest absolute Gasteiger partial charge is 0.234 e. The molecular formula is C15H21FN2O. The third-order valence-electron chi connectivity index (χ3n) is 3.65. The van der Waals surface area contributed by atoms with E-state index in [2.05, 4.69) is 5.32 Å². The van der Waals surface area contributed by atoms with Crippen LogP contribution < -0.4 is 11.1 Å². The lowest BCUT2D eigenvalue weighted by Crippen LogP contribution is -2.47. The SMILES string of the molecule is CC(C)C(NC(c1ccc(F)cc1)C1CC1)C(N)=O. The third kappa shape index (κ3) is 3.53. The van der Waals surface area contributed by atoms with Gasteiger partial charge in [-0.15, -0.1) is 0 Å². The summed E-state index contributed by atoms with van der Waals surface area (Å²) in [7, 11) is 0. The molecule has 0 saturated heterocycles. The summed E-state index contributed by atoms with van der Waals surface area (Å²) >= 11 is 0. The maximum absolute atomic E-state index is 13.0. The molecule has 4 heteroatoms. The fourth-order valence-corrected chi connectivity index (χ4v) is 2.40. The van der Waals surface area contributed by atoms with Crippen LogP contribution in [-0.2, 0) is 4.79 Å². The zero-order valence-electron chi connectivity index (χ0n) is 11.4. The second kappa shape index (κ2) is 5.70. The number of carbonyl (C=O) groups excluding carboxylic acids is 1. The molecule has 1 amide bonds. The molecule has 1 aliphatic carbocycles. The van der Waals surface area contributed by atoms with E-state index in [0.717, 1.165) is 18.4 Å². The van der Waals surface area contributed by atoms with E-state index in [0.29, 0.717) is 5.92 Å². The summed E-state index contributed by atoms with van der Waals surface area (Å²) < 4.78 is 13.0. The number of primary amides is 1. The highest BCUT2D eigenvalue weighted by Crippen LogP contribution is 2.41. The molecule has 0 heterocycles. The molecule has 1 aromatic carbocycles. The Morgan fingerprint density at radius 2 is 1.89 bits per heavy atom. The van der Waals surface area contributed by atoms with Crippen molar-refractivity contribution in [2.24, 2.45) is 17.6 Å². The van der Waals surface area contributed by atoms with Crippen LogP contribution in [0.1, 0.15) is 38.3 Å². The first-order valence-electron chi connectivity index (χ1n) is 6.80.